The molecule has 2 aromatic rings. The van der Waals surface area contributed by atoms with E-state index < -0.39 is 24.7 Å². The van der Waals surface area contributed by atoms with Gasteiger partial charge in [0.25, 0.3) is 0 Å². The summed E-state index contributed by atoms with van der Waals surface area (Å²) in [6, 6.07) is 0. The lowest BCUT2D eigenvalue weighted by Gasteiger charge is -2.42. The van der Waals surface area contributed by atoms with E-state index in [1.807, 2.05) is 10.9 Å². The normalized spacial score (nSPS) is 18.7. The van der Waals surface area contributed by atoms with Gasteiger partial charge in [-0.05, 0) is 47.5 Å². The second-order valence-corrected chi connectivity index (χ2v) is 12.3. The highest BCUT2D eigenvalue weighted by Gasteiger charge is 2.38. The molecule has 0 amide bonds. The highest BCUT2D eigenvalue weighted by molar-refractivity contribution is 5.87. The van der Waals surface area contributed by atoms with Crippen LogP contribution in [0.15, 0.2) is 6.20 Å². The van der Waals surface area contributed by atoms with Gasteiger partial charge in [-0.2, -0.15) is 41.4 Å². The van der Waals surface area contributed by atoms with Crippen molar-refractivity contribution in [2.75, 3.05) is 62.8 Å². The molecule has 2 fully saturated rings. The van der Waals surface area contributed by atoms with Crippen molar-refractivity contribution in [3.8, 4) is 0 Å². The molecule has 0 aliphatic carbocycles. The SMILES string of the molecule is CC1(C)COCCN1CCNc1nc(N2CCC(OCCC(F)(F)F)CC2)nc2c1cnn2C(C)(C)C.O=C(O)C(F)(F)F. The molecule has 2 saturated heterocycles. The first kappa shape index (κ1) is 35.6. The van der Waals surface area contributed by atoms with E-state index in [0.717, 1.165) is 36.5 Å². The van der Waals surface area contributed by atoms with E-state index in [0.29, 0.717) is 45.0 Å². The van der Waals surface area contributed by atoms with Gasteiger partial charge in [0, 0.05) is 38.3 Å². The predicted octanol–water partition coefficient (Wildman–Crippen LogP) is 4.68. The summed E-state index contributed by atoms with van der Waals surface area (Å²) in [5.74, 6) is -1.42. The Balaban J connectivity index is 0.000000676. The van der Waals surface area contributed by atoms with Crippen molar-refractivity contribution < 1.29 is 45.7 Å². The highest BCUT2D eigenvalue weighted by atomic mass is 19.4. The van der Waals surface area contributed by atoms with Crippen LogP contribution in [-0.4, -0.2) is 112 Å². The topological polar surface area (TPSA) is 118 Å². The largest absolute Gasteiger partial charge is 0.490 e. The van der Waals surface area contributed by atoms with Gasteiger partial charge in [0.1, 0.15) is 5.82 Å². The molecule has 0 atom stereocenters. The summed E-state index contributed by atoms with van der Waals surface area (Å²) in [4.78, 5) is 23.2. The highest BCUT2D eigenvalue weighted by Crippen LogP contribution is 2.29. The number of morpholine rings is 1. The molecule has 0 aromatic carbocycles. The van der Waals surface area contributed by atoms with Crippen LogP contribution in [0.3, 0.4) is 0 Å². The number of ether oxygens (including phenoxy) is 2. The molecule has 2 aliphatic rings. The standard InChI is InChI=1S/C25H40F3N7O2.C2HF3O2/c1-23(2,3)35-21-19(16-30-35)20(29-9-12-34-13-15-36-17-24(34,4)5)31-22(32-21)33-10-6-18(7-11-33)37-14-8-25(26,27)28;3-2(4,5)1(6)7/h16,18H,6-15,17H2,1-5H3,(H,29,31,32);(H,6,7). The number of fused-ring (bicyclic) bond motifs is 1. The van der Waals surface area contributed by atoms with Gasteiger partial charge >= 0.3 is 18.3 Å². The predicted molar refractivity (Wildman–Crippen MR) is 151 cm³/mol. The number of aromatic nitrogens is 4. The number of hydrogen-bond donors (Lipinski definition) is 2. The second kappa shape index (κ2) is 14.0. The van der Waals surface area contributed by atoms with E-state index in [4.69, 9.17) is 29.3 Å². The fraction of sp³-hybridized carbons (Fsp3) is 0.778. The molecule has 0 radical (unpaired) electrons. The van der Waals surface area contributed by atoms with Gasteiger partial charge in [0.2, 0.25) is 5.95 Å². The van der Waals surface area contributed by atoms with Crippen LogP contribution in [0.5, 0.6) is 0 Å². The maximum atomic E-state index is 12.5. The number of piperidine rings is 1. The Morgan fingerprint density at radius 2 is 1.75 bits per heavy atom. The van der Waals surface area contributed by atoms with Crippen LogP contribution in [0, 0.1) is 0 Å². The van der Waals surface area contributed by atoms with Crippen molar-refractivity contribution in [3.63, 3.8) is 0 Å². The number of carbonyl (C=O) groups is 1. The molecule has 4 rings (SSSR count). The number of rotatable bonds is 8. The van der Waals surface area contributed by atoms with Crippen LogP contribution in [0.2, 0.25) is 0 Å². The molecule has 44 heavy (non-hydrogen) atoms. The van der Waals surface area contributed by atoms with Gasteiger partial charge in [0.05, 0.1) is 49.5 Å². The third-order valence-corrected chi connectivity index (χ3v) is 7.25. The van der Waals surface area contributed by atoms with Crippen molar-refractivity contribution in [2.45, 2.75) is 83.4 Å². The minimum atomic E-state index is -5.08. The van der Waals surface area contributed by atoms with Crippen LogP contribution in [-0.2, 0) is 19.8 Å². The fourth-order valence-electron chi connectivity index (χ4n) is 4.84. The smallest absolute Gasteiger partial charge is 0.475 e. The summed E-state index contributed by atoms with van der Waals surface area (Å²) in [6.45, 7) is 15.5. The first-order valence-electron chi connectivity index (χ1n) is 14.3. The number of carboxylic acids is 1. The van der Waals surface area contributed by atoms with Gasteiger partial charge in [-0.25, -0.2) is 9.48 Å². The molecule has 250 valence electrons. The number of nitrogens with one attached hydrogen (secondary N) is 1. The lowest BCUT2D eigenvalue weighted by atomic mass is 10.0. The van der Waals surface area contributed by atoms with Gasteiger partial charge in [-0.3, -0.25) is 4.90 Å². The molecule has 17 heteroatoms. The van der Waals surface area contributed by atoms with Gasteiger partial charge in [-0.15, -0.1) is 0 Å². The Morgan fingerprint density at radius 3 is 2.30 bits per heavy atom. The number of aliphatic carboxylic acids is 1. The number of hydrogen-bond acceptors (Lipinski definition) is 9. The molecule has 11 nitrogen and oxygen atoms in total. The van der Waals surface area contributed by atoms with Crippen molar-refractivity contribution in [1.29, 1.82) is 0 Å². The molecule has 0 unspecified atom stereocenters. The Labute approximate surface area is 251 Å². The molecule has 0 bridgehead atoms. The number of carboxylic acid groups (broad SMARTS) is 1. The molecule has 0 saturated carbocycles. The maximum absolute atomic E-state index is 12.5. The monoisotopic (exact) mass is 641 g/mol. The minimum absolute atomic E-state index is 0.0181. The van der Waals surface area contributed by atoms with E-state index in [2.05, 4.69) is 54.8 Å². The molecular formula is C27H41F6N7O4. The first-order valence-corrected chi connectivity index (χ1v) is 14.3. The zero-order chi connectivity index (χ0) is 32.9. The summed E-state index contributed by atoms with van der Waals surface area (Å²) < 4.78 is 82.1. The van der Waals surface area contributed by atoms with Crippen molar-refractivity contribution in [1.82, 2.24) is 24.6 Å². The Hall–Kier alpha value is -2.92. The summed E-state index contributed by atoms with van der Waals surface area (Å²) >= 11 is 0. The molecular weight excluding hydrogens is 600 g/mol. The second-order valence-electron chi connectivity index (χ2n) is 12.3. The Kier molecular flexibility index (Phi) is 11.3. The summed E-state index contributed by atoms with van der Waals surface area (Å²) in [7, 11) is 0. The number of anilines is 2. The third-order valence-electron chi connectivity index (χ3n) is 7.25. The summed E-state index contributed by atoms with van der Waals surface area (Å²) in [5, 5.41) is 16.1. The van der Waals surface area contributed by atoms with Crippen LogP contribution in [0.25, 0.3) is 11.0 Å². The lowest BCUT2D eigenvalue weighted by molar-refractivity contribution is -0.192. The summed E-state index contributed by atoms with van der Waals surface area (Å²) in [6.07, 6.45) is -7.30. The molecule has 2 N–H and O–H groups in total. The van der Waals surface area contributed by atoms with Crippen molar-refractivity contribution in [3.05, 3.63) is 6.20 Å². The van der Waals surface area contributed by atoms with Crippen molar-refractivity contribution in [2.24, 2.45) is 0 Å². The zero-order valence-electron chi connectivity index (χ0n) is 25.6. The quantitative estimate of drug-likeness (QED) is 0.394. The Bertz CT molecular complexity index is 1240. The average Bonchev–Trinajstić information content (AvgIpc) is 3.34. The van der Waals surface area contributed by atoms with E-state index in [1.54, 1.807) is 0 Å². The number of halogens is 6. The van der Waals surface area contributed by atoms with E-state index >= 15 is 0 Å². The van der Waals surface area contributed by atoms with Crippen molar-refractivity contribution >= 4 is 28.8 Å². The molecule has 2 aromatic heterocycles. The van der Waals surface area contributed by atoms with Gasteiger partial charge in [-0.1, -0.05) is 0 Å². The van der Waals surface area contributed by atoms with E-state index in [9.17, 15) is 26.3 Å². The van der Waals surface area contributed by atoms with Crippen LogP contribution in [0.1, 0.15) is 53.9 Å². The maximum Gasteiger partial charge on any atom is 0.490 e. The zero-order valence-corrected chi connectivity index (χ0v) is 25.6. The van der Waals surface area contributed by atoms with E-state index in [1.165, 1.54) is 0 Å². The third kappa shape index (κ3) is 10.1. The van der Waals surface area contributed by atoms with E-state index in [-0.39, 0.29) is 23.8 Å². The van der Waals surface area contributed by atoms with Gasteiger partial charge < -0.3 is 24.8 Å². The number of nitrogens with zero attached hydrogens (tertiary/aromatic N) is 6. The van der Waals surface area contributed by atoms with Crippen LogP contribution >= 0.6 is 0 Å². The fourth-order valence-corrected chi connectivity index (χ4v) is 4.84. The average molecular weight is 642 g/mol. The molecule has 0 spiro atoms. The number of alkyl halides is 6. The molecule has 2 aliphatic heterocycles. The molecule has 4 heterocycles. The lowest BCUT2D eigenvalue weighted by Crippen LogP contribution is -2.54. The van der Waals surface area contributed by atoms with Crippen LogP contribution in [0.4, 0.5) is 38.1 Å². The minimum Gasteiger partial charge on any atom is -0.475 e. The summed E-state index contributed by atoms with van der Waals surface area (Å²) in [5.41, 5.74) is 0.479. The Morgan fingerprint density at radius 1 is 1.11 bits per heavy atom. The van der Waals surface area contributed by atoms with Gasteiger partial charge in [0.15, 0.2) is 5.65 Å². The first-order chi connectivity index (χ1) is 20.3. The van der Waals surface area contributed by atoms with Crippen LogP contribution < -0.4 is 10.2 Å².